The number of unbranched alkanes of at least 4 members (excludes halogenated alkanes) is 11. The van der Waals surface area contributed by atoms with Gasteiger partial charge in [-0.05, 0) is 24.1 Å². The molecule has 0 saturated carbocycles. The summed E-state index contributed by atoms with van der Waals surface area (Å²) in [6.45, 7) is 3.41. The van der Waals surface area contributed by atoms with Gasteiger partial charge in [0.05, 0.1) is 25.9 Å². The van der Waals surface area contributed by atoms with Gasteiger partial charge in [-0.3, -0.25) is 4.90 Å². The van der Waals surface area contributed by atoms with Crippen molar-refractivity contribution >= 4 is 6.09 Å². The highest BCUT2D eigenvalue weighted by atomic mass is 16.6. The van der Waals surface area contributed by atoms with Crippen LogP contribution in [0.1, 0.15) is 96.0 Å². The first-order chi connectivity index (χ1) is 15.7. The van der Waals surface area contributed by atoms with Gasteiger partial charge in [0.2, 0.25) is 0 Å². The lowest BCUT2D eigenvalue weighted by molar-refractivity contribution is 0.0234. The van der Waals surface area contributed by atoms with Crippen molar-refractivity contribution in [2.75, 3.05) is 13.7 Å². The largest absolute Gasteiger partial charge is 0.497 e. The van der Waals surface area contributed by atoms with Crippen LogP contribution in [0.25, 0.3) is 0 Å². The van der Waals surface area contributed by atoms with Gasteiger partial charge in [-0.25, -0.2) is 4.79 Å². The van der Waals surface area contributed by atoms with Crippen molar-refractivity contribution in [1.82, 2.24) is 4.90 Å². The van der Waals surface area contributed by atoms with Crippen molar-refractivity contribution in [3.05, 3.63) is 29.8 Å². The monoisotopic (exact) mass is 445 g/mol. The van der Waals surface area contributed by atoms with E-state index in [0.717, 1.165) is 24.2 Å². The molecule has 0 aromatic heterocycles. The zero-order valence-corrected chi connectivity index (χ0v) is 20.2. The van der Waals surface area contributed by atoms with Crippen LogP contribution in [-0.2, 0) is 16.0 Å². The van der Waals surface area contributed by atoms with Gasteiger partial charge in [0, 0.05) is 6.54 Å². The summed E-state index contributed by atoms with van der Waals surface area (Å²) in [5.41, 5.74) is 1.08. The minimum absolute atomic E-state index is 0.0342. The number of benzene rings is 1. The Hall–Kier alpha value is -1.75. The van der Waals surface area contributed by atoms with Gasteiger partial charge < -0.3 is 14.2 Å². The van der Waals surface area contributed by atoms with E-state index in [0.29, 0.717) is 13.2 Å². The summed E-state index contributed by atoms with van der Waals surface area (Å²) in [7, 11) is 1.66. The standard InChI is InChI=1S/C27H43NO4/c1-3-4-5-6-7-8-9-10-11-12-13-14-15-25-26-24(21-31-25)28(27(29)32-26)20-22-16-18-23(30-2)19-17-22/h16-19,24-26H,3-15,20-21H2,1-2H3/t24-,25-,26-/m0/s1. The summed E-state index contributed by atoms with van der Waals surface area (Å²) in [6, 6.07) is 7.89. The van der Waals surface area contributed by atoms with E-state index in [-0.39, 0.29) is 24.3 Å². The van der Waals surface area contributed by atoms with E-state index in [2.05, 4.69) is 6.92 Å². The smallest absolute Gasteiger partial charge is 0.410 e. The summed E-state index contributed by atoms with van der Waals surface area (Å²) < 4.78 is 17.0. The van der Waals surface area contributed by atoms with Gasteiger partial charge >= 0.3 is 6.09 Å². The maximum absolute atomic E-state index is 12.5. The minimum atomic E-state index is -0.209. The average molecular weight is 446 g/mol. The Balaban J connectivity index is 1.27. The fraction of sp³-hybridized carbons (Fsp3) is 0.741. The van der Waals surface area contributed by atoms with E-state index in [4.69, 9.17) is 14.2 Å². The van der Waals surface area contributed by atoms with E-state index in [1.165, 1.54) is 70.6 Å². The van der Waals surface area contributed by atoms with E-state index in [1.807, 2.05) is 29.2 Å². The SMILES string of the molecule is CCCCCCCCCCCCCC[C@@H]1OC[C@H]2[C@@H]1OC(=O)N2Cc1ccc(OC)cc1. The summed E-state index contributed by atoms with van der Waals surface area (Å²) in [5, 5.41) is 0. The van der Waals surface area contributed by atoms with Gasteiger partial charge in [-0.2, -0.15) is 0 Å². The van der Waals surface area contributed by atoms with Crippen molar-refractivity contribution < 1.29 is 19.0 Å². The molecule has 2 saturated heterocycles. The molecule has 1 amide bonds. The number of carbonyl (C=O) groups excluding carboxylic acids is 1. The van der Waals surface area contributed by atoms with Crippen LogP contribution in [-0.4, -0.2) is 43.0 Å². The summed E-state index contributed by atoms with van der Waals surface area (Å²) in [6.07, 6.45) is 16.9. The topological polar surface area (TPSA) is 48.0 Å². The Kier molecular flexibility index (Phi) is 10.7. The van der Waals surface area contributed by atoms with Crippen LogP contribution in [0.5, 0.6) is 5.75 Å². The van der Waals surface area contributed by atoms with Crippen LogP contribution in [0.3, 0.4) is 0 Å². The molecule has 2 aliphatic heterocycles. The Labute approximate surface area is 194 Å². The van der Waals surface area contributed by atoms with Crippen LogP contribution in [0.4, 0.5) is 4.79 Å². The second-order valence-electron chi connectivity index (χ2n) is 9.44. The number of hydrogen-bond donors (Lipinski definition) is 0. The Morgan fingerprint density at radius 2 is 1.50 bits per heavy atom. The first kappa shape index (κ1) is 24.9. The van der Waals surface area contributed by atoms with Gasteiger partial charge in [0.25, 0.3) is 0 Å². The predicted molar refractivity (Wildman–Crippen MR) is 128 cm³/mol. The fourth-order valence-corrected chi connectivity index (χ4v) is 4.94. The second-order valence-corrected chi connectivity index (χ2v) is 9.44. The molecular weight excluding hydrogens is 402 g/mol. The number of nitrogens with zero attached hydrogens (tertiary/aromatic N) is 1. The quantitative estimate of drug-likeness (QED) is 0.260. The van der Waals surface area contributed by atoms with E-state index >= 15 is 0 Å². The second kappa shape index (κ2) is 13.7. The third-order valence-electron chi connectivity index (χ3n) is 6.95. The van der Waals surface area contributed by atoms with Crippen LogP contribution in [0, 0.1) is 0 Å². The van der Waals surface area contributed by atoms with Crippen LogP contribution >= 0.6 is 0 Å². The highest BCUT2D eigenvalue weighted by molar-refractivity contribution is 5.71. The number of rotatable bonds is 16. The van der Waals surface area contributed by atoms with Crippen molar-refractivity contribution in [2.24, 2.45) is 0 Å². The molecular formula is C27H43NO4. The zero-order chi connectivity index (χ0) is 22.6. The van der Waals surface area contributed by atoms with Crippen molar-refractivity contribution in [2.45, 2.75) is 115 Å². The third-order valence-corrected chi connectivity index (χ3v) is 6.95. The molecule has 180 valence electrons. The normalized spacial score (nSPS) is 22.2. The first-order valence-corrected chi connectivity index (χ1v) is 12.9. The molecule has 0 aliphatic carbocycles. The zero-order valence-electron chi connectivity index (χ0n) is 20.2. The molecule has 0 spiro atoms. The van der Waals surface area contributed by atoms with Crippen molar-refractivity contribution in [3.63, 3.8) is 0 Å². The lowest BCUT2D eigenvalue weighted by atomic mass is 10.0. The van der Waals surface area contributed by atoms with E-state index in [9.17, 15) is 4.79 Å². The number of ether oxygens (including phenoxy) is 3. The molecule has 0 unspecified atom stereocenters. The molecule has 0 N–H and O–H groups in total. The van der Waals surface area contributed by atoms with Gasteiger partial charge in [0.15, 0.2) is 6.10 Å². The Morgan fingerprint density at radius 3 is 2.09 bits per heavy atom. The molecule has 2 heterocycles. The van der Waals surface area contributed by atoms with Gasteiger partial charge in [-0.1, -0.05) is 96.1 Å². The molecule has 0 radical (unpaired) electrons. The van der Waals surface area contributed by atoms with Crippen molar-refractivity contribution in [3.8, 4) is 5.75 Å². The molecule has 32 heavy (non-hydrogen) atoms. The molecule has 1 aromatic rings. The molecule has 3 rings (SSSR count). The molecule has 1 aromatic carbocycles. The third kappa shape index (κ3) is 7.40. The van der Waals surface area contributed by atoms with Crippen LogP contribution in [0.2, 0.25) is 0 Å². The van der Waals surface area contributed by atoms with Gasteiger partial charge in [0.1, 0.15) is 5.75 Å². The number of methoxy groups -OCH3 is 1. The first-order valence-electron chi connectivity index (χ1n) is 12.9. The van der Waals surface area contributed by atoms with E-state index in [1.54, 1.807) is 7.11 Å². The van der Waals surface area contributed by atoms with Crippen LogP contribution in [0.15, 0.2) is 24.3 Å². The highest BCUT2D eigenvalue weighted by Gasteiger charge is 2.50. The molecule has 2 aliphatic rings. The summed E-state index contributed by atoms with van der Waals surface area (Å²) in [4.78, 5) is 14.3. The number of fused-ring (bicyclic) bond motifs is 1. The molecule has 5 nitrogen and oxygen atoms in total. The maximum Gasteiger partial charge on any atom is 0.410 e. The molecule has 0 bridgehead atoms. The molecule has 5 heteroatoms. The Bertz CT molecular complexity index is 662. The van der Waals surface area contributed by atoms with Crippen LogP contribution < -0.4 is 4.74 Å². The van der Waals surface area contributed by atoms with Crippen molar-refractivity contribution in [1.29, 1.82) is 0 Å². The maximum atomic E-state index is 12.5. The van der Waals surface area contributed by atoms with Gasteiger partial charge in [-0.15, -0.1) is 0 Å². The molecule has 2 fully saturated rings. The highest BCUT2D eigenvalue weighted by Crippen LogP contribution is 2.33. The predicted octanol–water partition coefficient (Wildman–Crippen LogP) is 6.87. The fourth-order valence-electron chi connectivity index (χ4n) is 4.94. The average Bonchev–Trinajstić information content (AvgIpc) is 3.34. The molecule has 3 atom stereocenters. The lowest BCUT2D eigenvalue weighted by Crippen LogP contribution is -2.36. The van der Waals surface area contributed by atoms with E-state index < -0.39 is 0 Å². The Morgan fingerprint density at radius 1 is 0.906 bits per heavy atom. The number of amides is 1. The number of hydrogen-bond acceptors (Lipinski definition) is 4. The summed E-state index contributed by atoms with van der Waals surface area (Å²) in [5.74, 6) is 0.822. The summed E-state index contributed by atoms with van der Waals surface area (Å²) >= 11 is 0. The number of carbonyl (C=O) groups is 1. The minimum Gasteiger partial charge on any atom is -0.497 e. The lowest BCUT2D eigenvalue weighted by Gasteiger charge is -2.19.